The molecule has 0 aliphatic heterocycles. The van der Waals surface area contributed by atoms with Crippen LogP contribution in [0.3, 0.4) is 0 Å². The molecule has 1 amide bonds. The first-order valence-corrected chi connectivity index (χ1v) is 11.7. The second-order valence-electron chi connectivity index (χ2n) is 7.01. The van der Waals surface area contributed by atoms with Gasteiger partial charge in [-0.15, -0.1) is 5.10 Å². The number of anilines is 1. The molecule has 10 heteroatoms. The van der Waals surface area contributed by atoms with Gasteiger partial charge in [-0.25, -0.2) is 8.42 Å². The van der Waals surface area contributed by atoms with Crippen LogP contribution in [0.25, 0.3) is 11.5 Å². The highest BCUT2D eigenvalue weighted by Crippen LogP contribution is 2.33. The molecule has 0 aliphatic carbocycles. The van der Waals surface area contributed by atoms with Crippen molar-refractivity contribution < 1.29 is 27.1 Å². The van der Waals surface area contributed by atoms with Crippen LogP contribution in [0.15, 0.2) is 51.8 Å². The summed E-state index contributed by atoms with van der Waals surface area (Å²) in [6.07, 6.45) is 0. The highest BCUT2D eigenvalue weighted by molar-refractivity contribution is 7.92. The molecule has 0 aliphatic rings. The van der Waals surface area contributed by atoms with Gasteiger partial charge in [0.15, 0.2) is 21.3 Å². The molecule has 0 saturated carbocycles. The molecule has 0 radical (unpaired) electrons. The van der Waals surface area contributed by atoms with Crippen molar-refractivity contribution in [3.8, 4) is 23.0 Å². The first-order chi connectivity index (χ1) is 15.3. The lowest BCUT2D eigenvalue weighted by Crippen LogP contribution is -2.15. The number of hydrogen-bond acceptors (Lipinski definition) is 8. The summed E-state index contributed by atoms with van der Waals surface area (Å²) in [7, 11) is -3.41. The van der Waals surface area contributed by atoms with Crippen molar-refractivity contribution in [2.24, 2.45) is 0 Å². The lowest BCUT2D eigenvalue weighted by atomic mass is 10.2. The van der Waals surface area contributed by atoms with Crippen LogP contribution in [0.5, 0.6) is 11.5 Å². The first-order valence-electron chi connectivity index (χ1n) is 10.1. The second kappa shape index (κ2) is 9.82. The highest BCUT2D eigenvalue weighted by Gasteiger charge is 2.20. The maximum atomic E-state index is 12.5. The van der Waals surface area contributed by atoms with Gasteiger partial charge < -0.3 is 13.9 Å². The summed E-state index contributed by atoms with van der Waals surface area (Å²) in [6.45, 7) is 7.92. The summed E-state index contributed by atoms with van der Waals surface area (Å²) in [5, 5.41) is 9.79. The molecule has 0 saturated heterocycles. The largest absolute Gasteiger partial charge is 0.490 e. The van der Waals surface area contributed by atoms with Gasteiger partial charge in [-0.1, -0.05) is 5.10 Å². The van der Waals surface area contributed by atoms with E-state index in [-0.39, 0.29) is 22.4 Å². The van der Waals surface area contributed by atoms with Gasteiger partial charge in [0.25, 0.3) is 5.91 Å². The van der Waals surface area contributed by atoms with E-state index in [2.05, 4.69) is 15.5 Å². The van der Waals surface area contributed by atoms with E-state index in [4.69, 9.17) is 13.9 Å². The minimum Gasteiger partial charge on any atom is -0.490 e. The van der Waals surface area contributed by atoms with E-state index in [9.17, 15) is 13.2 Å². The Hall–Kier alpha value is -3.40. The molecular formula is C22H25N3O6S. The molecule has 32 heavy (non-hydrogen) atoms. The van der Waals surface area contributed by atoms with Crippen molar-refractivity contribution in [1.82, 2.24) is 10.2 Å². The molecule has 0 spiro atoms. The lowest BCUT2D eigenvalue weighted by molar-refractivity contribution is 0.102. The maximum Gasteiger partial charge on any atom is 0.322 e. The smallest absolute Gasteiger partial charge is 0.322 e. The molecule has 0 fully saturated rings. The van der Waals surface area contributed by atoms with Crippen LogP contribution in [0.4, 0.5) is 6.01 Å². The Balaban J connectivity index is 1.75. The van der Waals surface area contributed by atoms with Crippen LogP contribution in [-0.2, 0) is 9.84 Å². The molecule has 1 heterocycles. The number of ether oxygens (including phenoxy) is 2. The van der Waals surface area contributed by atoms with Crippen LogP contribution in [0, 0.1) is 0 Å². The molecule has 170 valence electrons. The van der Waals surface area contributed by atoms with E-state index in [1.54, 1.807) is 32.0 Å². The van der Waals surface area contributed by atoms with E-state index in [0.29, 0.717) is 30.3 Å². The van der Waals surface area contributed by atoms with Crippen LogP contribution in [0.2, 0.25) is 0 Å². The summed E-state index contributed by atoms with van der Waals surface area (Å²) >= 11 is 0. The zero-order valence-electron chi connectivity index (χ0n) is 18.3. The Morgan fingerprint density at radius 3 is 2.28 bits per heavy atom. The second-order valence-corrected chi connectivity index (χ2v) is 9.52. The number of carbonyl (C=O) groups is 1. The summed E-state index contributed by atoms with van der Waals surface area (Å²) in [5.41, 5.74) is 0.861. The van der Waals surface area contributed by atoms with Gasteiger partial charge in [0.1, 0.15) is 0 Å². The third kappa shape index (κ3) is 5.08. The molecular weight excluding hydrogens is 434 g/mol. The van der Waals surface area contributed by atoms with Gasteiger partial charge in [-0.2, -0.15) is 0 Å². The van der Waals surface area contributed by atoms with Gasteiger partial charge >= 0.3 is 6.01 Å². The minimum atomic E-state index is -3.41. The number of aromatic nitrogens is 2. The number of carbonyl (C=O) groups excluding carboxylic acids is 1. The molecule has 0 bridgehead atoms. The quantitative estimate of drug-likeness (QED) is 0.510. The predicted octanol–water partition coefficient (Wildman–Crippen LogP) is 3.97. The van der Waals surface area contributed by atoms with Gasteiger partial charge in [0.05, 0.1) is 23.4 Å². The molecule has 0 atom stereocenters. The third-order valence-electron chi connectivity index (χ3n) is 4.50. The number of amides is 1. The Morgan fingerprint density at radius 1 is 1.00 bits per heavy atom. The van der Waals surface area contributed by atoms with Crippen molar-refractivity contribution >= 4 is 21.8 Å². The van der Waals surface area contributed by atoms with Crippen LogP contribution in [0.1, 0.15) is 38.1 Å². The Morgan fingerprint density at radius 2 is 1.66 bits per heavy atom. The van der Waals surface area contributed by atoms with Gasteiger partial charge in [-0.05, 0) is 70.2 Å². The first kappa shape index (κ1) is 23.3. The summed E-state index contributed by atoms with van der Waals surface area (Å²) in [5.74, 6) is 0.846. The van der Waals surface area contributed by atoms with E-state index >= 15 is 0 Å². The number of nitrogens with zero attached hydrogens (tertiary/aromatic N) is 2. The molecule has 1 N–H and O–H groups in total. The van der Waals surface area contributed by atoms with Gasteiger partial charge in [-0.3, -0.25) is 10.1 Å². The monoisotopic (exact) mass is 459 g/mol. The van der Waals surface area contributed by atoms with E-state index in [1.165, 1.54) is 24.3 Å². The van der Waals surface area contributed by atoms with Gasteiger partial charge in [0.2, 0.25) is 5.89 Å². The standard InChI is InChI=1S/C22H25N3O6S/c1-5-29-18-12-9-16(13-19(18)30-6-2)21-24-25-22(31-21)23-20(26)15-7-10-17(11-8-15)32(27,28)14(3)4/h7-14H,5-6H2,1-4H3,(H,23,25,26). The van der Waals surface area contributed by atoms with E-state index in [1.807, 2.05) is 13.8 Å². The summed E-state index contributed by atoms with van der Waals surface area (Å²) in [6, 6.07) is 10.8. The number of benzene rings is 2. The number of hydrogen-bond donors (Lipinski definition) is 1. The molecule has 3 aromatic rings. The zero-order chi connectivity index (χ0) is 23.3. The van der Waals surface area contributed by atoms with Crippen LogP contribution >= 0.6 is 0 Å². The normalized spacial score (nSPS) is 11.4. The van der Waals surface area contributed by atoms with E-state index in [0.717, 1.165) is 0 Å². The predicted molar refractivity (Wildman–Crippen MR) is 119 cm³/mol. The average molecular weight is 460 g/mol. The fourth-order valence-corrected chi connectivity index (χ4v) is 3.87. The molecule has 2 aromatic carbocycles. The minimum absolute atomic E-state index is 0.0873. The topological polar surface area (TPSA) is 121 Å². The highest BCUT2D eigenvalue weighted by atomic mass is 32.2. The van der Waals surface area contributed by atoms with Crippen molar-refractivity contribution in [2.45, 2.75) is 37.8 Å². The van der Waals surface area contributed by atoms with Crippen LogP contribution in [-0.4, -0.2) is 43.0 Å². The molecule has 3 rings (SSSR count). The molecule has 0 unspecified atom stereocenters. The molecule has 1 aromatic heterocycles. The average Bonchev–Trinajstić information content (AvgIpc) is 3.23. The zero-order valence-corrected chi connectivity index (χ0v) is 19.1. The molecule has 9 nitrogen and oxygen atoms in total. The van der Waals surface area contributed by atoms with Crippen molar-refractivity contribution in [1.29, 1.82) is 0 Å². The number of nitrogens with one attached hydrogen (secondary N) is 1. The van der Waals surface area contributed by atoms with E-state index < -0.39 is 21.0 Å². The summed E-state index contributed by atoms with van der Waals surface area (Å²) < 4.78 is 41.1. The third-order valence-corrected chi connectivity index (χ3v) is 6.67. The van der Waals surface area contributed by atoms with Crippen molar-refractivity contribution in [3.05, 3.63) is 48.0 Å². The SMILES string of the molecule is CCOc1ccc(-c2nnc(NC(=O)c3ccc(S(=O)(=O)C(C)C)cc3)o2)cc1OCC. The Labute approximate surface area is 186 Å². The fraction of sp³-hybridized carbons (Fsp3) is 0.318. The number of rotatable bonds is 9. The lowest BCUT2D eigenvalue weighted by Gasteiger charge is -2.11. The Bertz CT molecular complexity index is 1190. The number of sulfone groups is 1. The maximum absolute atomic E-state index is 12.5. The Kier molecular flexibility index (Phi) is 7.14. The van der Waals surface area contributed by atoms with Crippen molar-refractivity contribution in [2.75, 3.05) is 18.5 Å². The fourth-order valence-electron chi connectivity index (χ4n) is 2.81. The van der Waals surface area contributed by atoms with Crippen molar-refractivity contribution in [3.63, 3.8) is 0 Å². The van der Waals surface area contributed by atoms with Crippen LogP contribution < -0.4 is 14.8 Å². The summed E-state index contributed by atoms with van der Waals surface area (Å²) in [4.78, 5) is 12.6. The van der Waals surface area contributed by atoms with Gasteiger partial charge in [0, 0.05) is 11.1 Å².